The zero-order valence-electron chi connectivity index (χ0n) is 10.0. The number of benzene rings is 1. The molecule has 0 radical (unpaired) electrons. The highest BCUT2D eigenvalue weighted by molar-refractivity contribution is 6.03. The molecule has 1 heterocycles. The fraction of sp³-hybridized carbons (Fsp3) is 0.231. The van der Waals surface area contributed by atoms with Gasteiger partial charge in [0.2, 0.25) is 0 Å². The molecule has 0 aliphatic carbocycles. The van der Waals surface area contributed by atoms with Crippen LogP contribution in [0.1, 0.15) is 20.7 Å². The van der Waals surface area contributed by atoms with Crippen LogP contribution in [0.4, 0.5) is 0 Å². The Morgan fingerprint density at radius 3 is 2.42 bits per heavy atom. The van der Waals surface area contributed by atoms with Crippen LogP contribution in [0.5, 0.6) is 0 Å². The van der Waals surface area contributed by atoms with E-state index in [0.717, 1.165) is 0 Å². The molecule has 1 fully saturated rings. The molecular weight excluding hydrogens is 252 g/mol. The number of hydrogen-bond donors (Lipinski definition) is 0. The van der Waals surface area contributed by atoms with Gasteiger partial charge in [0.05, 0.1) is 11.1 Å². The lowest BCUT2D eigenvalue weighted by Gasteiger charge is -2.25. The number of hydrogen-bond acceptors (Lipinski definition) is 6. The summed E-state index contributed by atoms with van der Waals surface area (Å²) in [6, 6.07) is 6.18. The van der Waals surface area contributed by atoms with Gasteiger partial charge in [0, 0.05) is 0 Å². The molecule has 1 saturated heterocycles. The first-order valence-electron chi connectivity index (χ1n) is 5.53. The van der Waals surface area contributed by atoms with Gasteiger partial charge in [0.15, 0.2) is 6.79 Å². The molecule has 6 heteroatoms. The molecule has 0 bridgehead atoms. The van der Waals surface area contributed by atoms with Gasteiger partial charge < -0.3 is 9.47 Å². The molecule has 0 N–H and O–H groups in total. The number of rotatable bonds is 5. The van der Waals surface area contributed by atoms with Gasteiger partial charge in [0.25, 0.3) is 0 Å². The van der Waals surface area contributed by atoms with E-state index in [1.165, 1.54) is 18.2 Å². The summed E-state index contributed by atoms with van der Waals surface area (Å²) in [4.78, 5) is 23.6. The molecule has 1 aliphatic heterocycles. The summed E-state index contributed by atoms with van der Waals surface area (Å²) >= 11 is 0. The van der Waals surface area contributed by atoms with Crippen LogP contribution in [-0.2, 0) is 18.9 Å². The van der Waals surface area contributed by atoms with Crippen molar-refractivity contribution in [1.29, 1.82) is 0 Å². The molecule has 1 aromatic rings. The average molecular weight is 264 g/mol. The van der Waals surface area contributed by atoms with Crippen molar-refractivity contribution >= 4 is 11.9 Å². The van der Waals surface area contributed by atoms with E-state index in [0.29, 0.717) is 0 Å². The third-order valence-corrected chi connectivity index (χ3v) is 2.31. The van der Waals surface area contributed by atoms with E-state index in [-0.39, 0.29) is 24.5 Å². The molecule has 19 heavy (non-hydrogen) atoms. The molecule has 1 aromatic carbocycles. The third kappa shape index (κ3) is 3.18. The summed E-state index contributed by atoms with van der Waals surface area (Å²) in [5.41, 5.74) is 0.212. The van der Waals surface area contributed by atoms with Gasteiger partial charge >= 0.3 is 18.4 Å². The topological polar surface area (TPSA) is 71.1 Å². The molecular formula is C13H12O6. The van der Waals surface area contributed by atoms with Crippen molar-refractivity contribution in [3.63, 3.8) is 0 Å². The minimum Gasteiger partial charge on any atom is -0.458 e. The summed E-state index contributed by atoms with van der Waals surface area (Å²) in [6.45, 7) is 2.58. The summed E-state index contributed by atoms with van der Waals surface area (Å²) in [5.74, 6) is -1.33. The second-order valence-corrected chi connectivity index (χ2v) is 3.58. The predicted molar refractivity (Wildman–Crippen MR) is 63.2 cm³/mol. The largest absolute Gasteiger partial charge is 0.458 e. The van der Waals surface area contributed by atoms with Gasteiger partial charge in [0.1, 0.15) is 6.61 Å². The van der Waals surface area contributed by atoms with Crippen LogP contribution in [0.15, 0.2) is 36.9 Å². The van der Waals surface area contributed by atoms with E-state index in [4.69, 9.17) is 18.9 Å². The van der Waals surface area contributed by atoms with Crippen LogP contribution in [0, 0.1) is 0 Å². The Bertz CT molecular complexity index is 492. The van der Waals surface area contributed by atoms with Crippen molar-refractivity contribution in [2.45, 2.75) is 6.48 Å². The highest BCUT2D eigenvalue weighted by atomic mass is 17.0. The minimum atomic E-state index is -1.01. The fourth-order valence-corrected chi connectivity index (χ4v) is 1.39. The van der Waals surface area contributed by atoms with Gasteiger partial charge in [-0.1, -0.05) is 24.8 Å². The number of ether oxygens (including phenoxy) is 4. The smallest absolute Gasteiger partial charge is 0.343 e. The van der Waals surface area contributed by atoms with Crippen molar-refractivity contribution in [2.75, 3.05) is 13.4 Å². The lowest BCUT2D eigenvalue weighted by atomic mass is 10.1. The van der Waals surface area contributed by atoms with Crippen LogP contribution in [-0.4, -0.2) is 31.8 Å². The number of esters is 2. The average Bonchev–Trinajstić information content (AvgIpc) is 2.40. The van der Waals surface area contributed by atoms with E-state index in [9.17, 15) is 9.59 Å². The normalized spacial score (nSPS) is 14.3. The zero-order valence-corrected chi connectivity index (χ0v) is 10.0. The quantitative estimate of drug-likeness (QED) is 0.592. The van der Waals surface area contributed by atoms with Gasteiger partial charge in [-0.05, 0) is 12.1 Å². The summed E-state index contributed by atoms with van der Waals surface area (Å²) < 4.78 is 19.3. The van der Waals surface area contributed by atoms with Gasteiger partial charge in [-0.3, -0.25) is 9.47 Å². The van der Waals surface area contributed by atoms with Crippen LogP contribution in [0.25, 0.3) is 0 Å². The van der Waals surface area contributed by atoms with Crippen LogP contribution in [0.3, 0.4) is 0 Å². The lowest BCUT2D eigenvalue weighted by molar-refractivity contribution is -0.402. The Kier molecular flexibility index (Phi) is 4.27. The Morgan fingerprint density at radius 2 is 1.89 bits per heavy atom. The van der Waals surface area contributed by atoms with Crippen molar-refractivity contribution in [2.24, 2.45) is 0 Å². The van der Waals surface area contributed by atoms with Gasteiger partial charge in [-0.2, -0.15) is 0 Å². The highest BCUT2D eigenvalue weighted by Gasteiger charge is 2.26. The molecule has 1 aliphatic rings. The summed E-state index contributed by atoms with van der Waals surface area (Å²) in [5, 5.41) is 0. The van der Waals surface area contributed by atoms with Crippen molar-refractivity contribution in [3.8, 4) is 0 Å². The maximum atomic E-state index is 11.8. The fourth-order valence-electron chi connectivity index (χ4n) is 1.39. The summed E-state index contributed by atoms with van der Waals surface area (Å²) in [7, 11) is 0. The molecule has 0 amide bonds. The van der Waals surface area contributed by atoms with E-state index in [1.54, 1.807) is 12.1 Å². The zero-order chi connectivity index (χ0) is 13.7. The standard InChI is InChI=1S/C13H12O6/c1-2-7-16-11(14)9-5-3-4-6-10(9)12(15)19-13-17-8-18-13/h2-6,13H,1,7-8H2. The van der Waals surface area contributed by atoms with Crippen molar-refractivity contribution < 1.29 is 28.5 Å². The maximum Gasteiger partial charge on any atom is 0.343 e. The monoisotopic (exact) mass is 264 g/mol. The Balaban J connectivity index is 2.12. The number of carbonyl (C=O) groups is 2. The Labute approximate surface area is 109 Å². The van der Waals surface area contributed by atoms with Gasteiger partial charge in [-0.25, -0.2) is 9.59 Å². The third-order valence-electron chi connectivity index (χ3n) is 2.31. The second kappa shape index (κ2) is 6.12. The van der Waals surface area contributed by atoms with E-state index in [2.05, 4.69) is 6.58 Å². The highest BCUT2D eigenvalue weighted by Crippen LogP contribution is 2.16. The first kappa shape index (κ1) is 13.3. The van der Waals surface area contributed by atoms with Crippen molar-refractivity contribution in [3.05, 3.63) is 48.0 Å². The molecule has 6 nitrogen and oxygen atoms in total. The summed E-state index contributed by atoms with van der Waals surface area (Å²) in [6.07, 6.45) is 1.44. The molecule has 0 unspecified atom stereocenters. The first-order valence-corrected chi connectivity index (χ1v) is 5.53. The SMILES string of the molecule is C=CCOC(=O)c1ccccc1C(=O)OC1OCO1. The van der Waals surface area contributed by atoms with Crippen LogP contribution < -0.4 is 0 Å². The molecule has 0 aromatic heterocycles. The number of carbonyl (C=O) groups excluding carboxylic acids is 2. The van der Waals surface area contributed by atoms with E-state index < -0.39 is 18.4 Å². The minimum absolute atomic E-state index is 0.0665. The van der Waals surface area contributed by atoms with Gasteiger partial charge in [-0.15, -0.1) is 0 Å². The lowest BCUT2D eigenvalue weighted by Crippen LogP contribution is -2.35. The molecule has 100 valence electrons. The molecule has 0 saturated carbocycles. The van der Waals surface area contributed by atoms with E-state index in [1.807, 2.05) is 0 Å². The van der Waals surface area contributed by atoms with E-state index >= 15 is 0 Å². The van der Waals surface area contributed by atoms with Crippen LogP contribution in [0.2, 0.25) is 0 Å². The van der Waals surface area contributed by atoms with Crippen molar-refractivity contribution in [1.82, 2.24) is 0 Å². The Morgan fingerprint density at radius 1 is 1.26 bits per heavy atom. The Hall–Kier alpha value is -2.18. The predicted octanol–water partition coefficient (Wildman–Crippen LogP) is 1.47. The molecule has 0 spiro atoms. The maximum absolute atomic E-state index is 11.8. The molecule has 0 atom stereocenters. The molecule has 2 rings (SSSR count). The first-order chi connectivity index (χ1) is 9.22. The van der Waals surface area contributed by atoms with Crippen LogP contribution >= 0.6 is 0 Å². The second-order valence-electron chi connectivity index (χ2n) is 3.58.